The molecule has 0 aliphatic rings. The average molecular weight is 345 g/mol. The van der Waals surface area contributed by atoms with Crippen LogP contribution >= 0.6 is 35.0 Å². The molecule has 1 rings (SSSR count). The largest absolute Gasteiger partial charge is 0.299 e. The molecule has 116 valence electrons. The first-order valence-electron chi connectivity index (χ1n) is 7.31. The Kier molecular flexibility index (Phi) is 8.51. The summed E-state index contributed by atoms with van der Waals surface area (Å²) in [6.07, 6.45) is 3.68. The summed E-state index contributed by atoms with van der Waals surface area (Å²) in [5, 5.41) is 14.3. The van der Waals surface area contributed by atoms with E-state index in [0.29, 0.717) is 5.02 Å². The fraction of sp³-hybridized carbons (Fsp3) is 0.562. The predicted octanol–water partition coefficient (Wildman–Crippen LogP) is 5.54. The van der Waals surface area contributed by atoms with Crippen LogP contribution in [0.3, 0.4) is 0 Å². The number of halogens is 2. The smallest absolute Gasteiger partial charge is 0.106 e. The maximum absolute atomic E-state index is 9.44. The highest BCUT2D eigenvalue weighted by Crippen LogP contribution is 2.31. The summed E-state index contributed by atoms with van der Waals surface area (Å²) in [4.78, 5) is 1.00. The molecule has 1 unspecified atom stereocenters. The Morgan fingerprint density at radius 3 is 2.71 bits per heavy atom. The normalized spacial score (nSPS) is 13.7. The molecule has 2 nitrogen and oxygen atoms in total. The molecule has 0 aliphatic heterocycles. The molecule has 0 saturated carbocycles. The minimum Gasteiger partial charge on any atom is -0.299 e. The van der Waals surface area contributed by atoms with Crippen LogP contribution in [0.1, 0.15) is 39.5 Å². The van der Waals surface area contributed by atoms with Crippen LogP contribution in [0.15, 0.2) is 23.1 Å². The molecule has 1 N–H and O–H groups in total. The minimum atomic E-state index is -0.394. The first-order valence-corrected chi connectivity index (χ1v) is 9.05. The molecule has 0 radical (unpaired) electrons. The van der Waals surface area contributed by atoms with Gasteiger partial charge >= 0.3 is 0 Å². The molecular formula is C16H22Cl2N2S. The number of thioether (sulfide) groups is 1. The number of nitrogens with one attached hydrogen (secondary N) is 1. The Bertz CT molecular complexity index is 488. The zero-order chi connectivity index (χ0) is 15.7. The van der Waals surface area contributed by atoms with Gasteiger partial charge in [0.25, 0.3) is 0 Å². The van der Waals surface area contributed by atoms with Gasteiger partial charge in [0.15, 0.2) is 0 Å². The average Bonchev–Trinajstić information content (AvgIpc) is 2.50. The molecule has 1 aromatic rings. The van der Waals surface area contributed by atoms with E-state index in [1.807, 2.05) is 12.1 Å². The van der Waals surface area contributed by atoms with Crippen LogP contribution in [0.2, 0.25) is 10.0 Å². The second-order valence-electron chi connectivity index (χ2n) is 5.00. The Morgan fingerprint density at radius 1 is 1.33 bits per heavy atom. The van der Waals surface area contributed by atoms with Crippen LogP contribution in [0, 0.1) is 11.3 Å². The van der Waals surface area contributed by atoms with Gasteiger partial charge in [0.2, 0.25) is 0 Å². The van der Waals surface area contributed by atoms with Crippen molar-refractivity contribution >= 4 is 35.0 Å². The lowest BCUT2D eigenvalue weighted by Gasteiger charge is -2.26. The van der Waals surface area contributed by atoms with Crippen molar-refractivity contribution in [1.82, 2.24) is 5.32 Å². The molecule has 0 heterocycles. The third-order valence-corrected chi connectivity index (χ3v) is 5.25. The van der Waals surface area contributed by atoms with E-state index in [9.17, 15) is 5.26 Å². The number of benzene rings is 1. The van der Waals surface area contributed by atoms with E-state index in [4.69, 9.17) is 23.2 Å². The first-order chi connectivity index (χ1) is 10.1. The number of nitriles is 1. The lowest BCUT2D eigenvalue weighted by Crippen LogP contribution is -2.43. The van der Waals surface area contributed by atoms with E-state index in [1.54, 1.807) is 17.8 Å². The maximum Gasteiger partial charge on any atom is 0.106 e. The molecule has 0 aromatic heterocycles. The van der Waals surface area contributed by atoms with Gasteiger partial charge in [-0.25, -0.2) is 0 Å². The molecule has 5 heteroatoms. The molecule has 1 aromatic carbocycles. The second-order valence-corrected chi connectivity index (χ2v) is 6.98. The van der Waals surface area contributed by atoms with Gasteiger partial charge in [-0.05, 0) is 56.2 Å². The Labute approximate surface area is 142 Å². The Morgan fingerprint density at radius 2 is 2.10 bits per heavy atom. The quantitative estimate of drug-likeness (QED) is 0.472. The van der Waals surface area contributed by atoms with Crippen molar-refractivity contribution in [1.29, 1.82) is 5.26 Å². The third-order valence-electron chi connectivity index (χ3n) is 3.43. The van der Waals surface area contributed by atoms with Gasteiger partial charge in [0.1, 0.15) is 5.54 Å². The van der Waals surface area contributed by atoms with Gasteiger partial charge < -0.3 is 0 Å². The lowest BCUT2D eigenvalue weighted by atomic mass is 9.92. The number of hydrogen-bond donors (Lipinski definition) is 1. The molecule has 0 bridgehead atoms. The molecule has 0 amide bonds. The zero-order valence-corrected chi connectivity index (χ0v) is 14.9. The fourth-order valence-electron chi connectivity index (χ4n) is 2.07. The fourth-order valence-corrected chi connectivity index (χ4v) is 3.52. The van der Waals surface area contributed by atoms with Gasteiger partial charge in [0, 0.05) is 9.92 Å². The van der Waals surface area contributed by atoms with Crippen molar-refractivity contribution in [3.63, 3.8) is 0 Å². The maximum atomic E-state index is 9.44. The minimum absolute atomic E-state index is 0.394. The van der Waals surface area contributed by atoms with Crippen molar-refractivity contribution in [2.24, 2.45) is 0 Å². The predicted molar refractivity (Wildman–Crippen MR) is 93.3 cm³/mol. The molecule has 0 spiro atoms. The standard InChI is InChI=1S/C16H22Cl2N2S/c1-3-9-20-16(4-2,12-19)8-5-10-21-15-11-13(17)6-7-14(15)18/h6-7,11,20H,3-5,8-10H2,1-2H3. The summed E-state index contributed by atoms with van der Waals surface area (Å²) in [5.74, 6) is 0.928. The van der Waals surface area contributed by atoms with Crippen LogP contribution < -0.4 is 5.32 Å². The summed E-state index contributed by atoms with van der Waals surface area (Å²) in [6, 6.07) is 7.95. The van der Waals surface area contributed by atoms with Gasteiger partial charge in [0.05, 0.1) is 11.1 Å². The summed E-state index contributed by atoms with van der Waals surface area (Å²) in [5.41, 5.74) is -0.394. The van der Waals surface area contributed by atoms with E-state index in [-0.39, 0.29) is 0 Å². The monoisotopic (exact) mass is 344 g/mol. The summed E-state index contributed by atoms with van der Waals surface area (Å²) in [7, 11) is 0. The Hall–Kier alpha value is -0.400. The highest BCUT2D eigenvalue weighted by Gasteiger charge is 2.26. The van der Waals surface area contributed by atoms with Crippen molar-refractivity contribution in [3.8, 4) is 6.07 Å². The molecule has 0 aliphatic carbocycles. The summed E-state index contributed by atoms with van der Waals surface area (Å²) >= 11 is 13.8. The molecular weight excluding hydrogens is 323 g/mol. The van der Waals surface area contributed by atoms with Gasteiger partial charge in [-0.1, -0.05) is 37.0 Å². The third kappa shape index (κ3) is 6.08. The van der Waals surface area contributed by atoms with Crippen LogP contribution in [0.4, 0.5) is 0 Å². The summed E-state index contributed by atoms with van der Waals surface area (Å²) in [6.45, 7) is 5.06. The zero-order valence-electron chi connectivity index (χ0n) is 12.6. The van der Waals surface area contributed by atoms with Crippen LogP contribution in [0.5, 0.6) is 0 Å². The second kappa shape index (κ2) is 9.58. The van der Waals surface area contributed by atoms with E-state index in [2.05, 4.69) is 25.2 Å². The van der Waals surface area contributed by atoms with E-state index >= 15 is 0 Å². The molecule has 1 atom stereocenters. The van der Waals surface area contributed by atoms with Gasteiger partial charge in [-0.3, -0.25) is 5.32 Å². The van der Waals surface area contributed by atoms with Crippen LogP contribution in [-0.4, -0.2) is 17.8 Å². The van der Waals surface area contributed by atoms with Crippen molar-refractivity contribution in [3.05, 3.63) is 28.2 Å². The lowest BCUT2D eigenvalue weighted by molar-refractivity contribution is 0.371. The molecule has 0 fully saturated rings. The van der Waals surface area contributed by atoms with Gasteiger partial charge in [-0.15, -0.1) is 11.8 Å². The highest BCUT2D eigenvalue weighted by molar-refractivity contribution is 7.99. The van der Waals surface area contributed by atoms with Crippen molar-refractivity contribution in [2.45, 2.75) is 50.0 Å². The topological polar surface area (TPSA) is 35.8 Å². The summed E-state index contributed by atoms with van der Waals surface area (Å²) < 4.78 is 0. The van der Waals surface area contributed by atoms with Crippen LogP contribution in [-0.2, 0) is 0 Å². The first kappa shape index (κ1) is 18.6. The van der Waals surface area contributed by atoms with Crippen molar-refractivity contribution in [2.75, 3.05) is 12.3 Å². The number of hydrogen-bond acceptors (Lipinski definition) is 3. The van der Waals surface area contributed by atoms with Gasteiger partial charge in [-0.2, -0.15) is 5.26 Å². The molecule has 0 saturated heterocycles. The van der Waals surface area contributed by atoms with E-state index in [0.717, 1.165) is 47.9 Å². The SMILES string of the molecule is CCCNC(C#N)(CC)CCCSc1cc(Cl)ccc1Cl. The Balaban J connectivity index is 2.48. The van der Waals surface area contributed by atoms with Crippen molar-refractivity contribution < 1.29 is 0 Å². The number of rotatable bonds is 9. The van der Waals surface area contributed by atoms with Crippen LogP contribution in [0.25, 0.3) is 0 Å². The van der Waals surface area contributed by atoms with E-state index < -0.39 is 5.54 Å². The van der Waals surface area contributed by atoms with E-state index in [1.165, 1.54) is 0 Å². The molecule has 21 heavy (non-hydrogen) atoms. The number of nitrogens with zero attached hydrogens (tertiary/aromatic N) is 1. The highest BCUT2D eigenvalue weighted by atomic mass is 35.5.